The maximum atomic E-state index is 14.9. The number of fused-ring (bicyclic) bond motifs is 2. The molecule has 0 bridgehead atoms. The monoisotopic (exact) mass is 1150 g/mol. The lowest BCUT2D eigenvalue weighted by molar-refractivity contribution is -0.321. The first-order chi connectivity index (χ1) is 38.1. The van der Waals surface area contributed by atoms with Crippen molar-refractivity contribution in [1.29, 1.82) is 0 Å². The zero-order chi connectivity index (χ0) is 59.9. The summed E-state index contributed by atoms with van der Waals surface area (Å²) in [6.45, 7) is 21.4. The number of nitrogens with zero attached hydrogens (tertiary/aromatic N) is 3. The number of rotatable bonds is 19. The predicted molar refractivity (Wildman–Crippen MR) is 297 cm³/mol. The average molecular weight is 1150 g/mol. The van der Waals surface area contributed by atoms with Crippen molar-refractivity contribution in [1.82, 2.24) is 14.4 Å². The number of ether oxygens (including phenoxy) is 12. The molecule has 4 fully saturated rings. The number of aromatic carboxylic acids is 1. The highest BCUT2D eigenvalue weighted by Gasteiger charge is 2.58. The van der Waals surface area contributed by atoms with Crippen molar-refractivity contribution in [3.8, 4) is 0 Å². The van der Waals surface area contributed by atoms with Crippen LogP contribution in [-0.4, -0.2) is 207 Å². The molecule has 0 spiro atoms. The van der Waals surface area contributed by atoms with Gasteiger partial charge < -0.3 is 76.5 Å². The van der Waals surface area contributed by atoms with Crippen LogP contribution in [0.15, 0.2) is 35.3 Å². The Morgan fingerprint density at radius 3 is 2.28 bits per heavy atom. The number of aromatic nitrogens is 1. The van der Waals surface area contributed by atoms with Gasteiger partial charge in [0.25, 0.3) is 0 Å². The number of carboxylic acid groups (broad SMARTS) is 1. The number of methoxy groups -OCH3 is 2. The lowest BCUT2D eigenvalue weighted by atomic mass is 9.77. The molecule has 456 valence electrons. The van der Waals surface area contributed by atoms with E-state index in [0.29, 0.717) is 37.2 Å². The molecular formula is C59H91N3O19. The van der Waals surface area contributed by atoms with E-state index in [-0.39, 0.29) is 68.1 Å². The largest absolute Gasteiger partial charge is 0.509 e. The molecule has 0 radical (unpaired) electrons. The first kappa shape index (κ1) is 65.6. The molecule has 4 aliphatic rings. The van der Waals surface area contributed by atoms with Crippen molar-refractivity contribution in [3.63, 3.8) is 0 Å². The fraction of sp³-hybridized carbons (Fsp3) is 0.746. The molecule has 6 rings (SSSR count). The third kappa shape index (κ3) is 15.4. The molecule has 0 saturated carbocycles. The molecule has 4 aliphatic heterocycles. The second kappa shape index (κ2) is 27.9. The van der Waals surface area contributed by atoms with Crippen molar-refractivity contribution < 1.29 is 86.2 Å². The summed E-state index contributed by atoms with van der Waals surface area (Å²) in [6, 6.07) is 4.56. The molecule has 1 aromatic carbocycles. The maximum absolute atomic E-state index is 14.9. The molecule has 22 nitrogen and oxygen atoms in total. The molecule has 2 aromatic rings. The third-order valence-corrected chi connectivity index (χ3v) is 16.8. The average Bonchev–Trinajstić information content (AvgIpc) is 3.93. The van der Waals surface area contributed by atoms with Crippen molar-refractivity contribution >= 4 is 41.0 Å². The van der Waals surface area contributed by atoms with Gasteiger partial charge in [0.2, 0.25) is 5.43 Å². The molecule has 0 aliphatic carbocycles. The van der Waals surface area contributed by atoms with Gasteiger partial charge in [0.15, 0.2) is 30.4 Å². The quantitative estimate of drug-likeness (QED) is 0.0921. The SMILES string of the molecule is CC[C@H]1OC(=O)[C@H](C)[C@@H](O[C@H]2C[C@@](C)(OC)[C@@H](OCCOC/C=C/c3ccc4c(c3)c(=O)c(C(=O)O)cn4CCOC)[C@H](C)O2)[C@H](C)[C@@H](O[C@@H]2O[C@H](C)C[C@H](N(C)C)[C@H]2OC(C)=O)[C@](C)(O)C[C@@H](C)CN(C)[C@H](C)C2OC(=O)O[C@@]21C. The summed E-state index contributed by atoms with van der Waals surface area (Å²) in [5, 5.41) is 23.0. The minimum Gasteiger partial charge on any atom is -0.477 e. The van der Waals surface area contributed by atoms with Crippen LogP contribution >= 0.6 is 0 Å². The predicted octanol–water partition coefficient (Wildman–Crippen LogP) is 6.07. The van der Waals surface area contributed by atoms with Crippen LogP contribution in [0, 0.1) is 17.8 Å². The molecule has 18 atom stereocenters. The summed E-state index contributed by atoms with van der Waals surface area (Å²) < 4.78 is 76.8. The van der Waals surface area contributed by atoms with Crippen LogP contribution in [0.5, 0.6) is 0 Å². The lowest BCUT2D eigenvalue weighted by Crippen LogP contribution is -2.61. The van der Waals surface area contributed by atoms with Gasteiger partial charge in [0.05, 0.1) is 79.5 Å². The lowest BCUT2D eigenvalue weighted by Gasteiger charge is -2.49. The minimum absolute atomic E-state index is 0.139. The van der Waals surface area contributed by atoms with Gasteiger partial charge in [-0.3, -0.25) is 19.3 Å². The Labute approximate surface area is 476 Å². The fourth-order valence-corrected chi connectivity index (χ4v) is 12.6. The maximum Gasteiger partial charge on any atom is 0.509 e. The summed E-state index contributed by atoms with van der Waals surface area (Å²) in [5.74, 6) is -4.58. The standard InChI is InChI=1S/C59H91N3O19/c1-17-45-59(11)51(80-56(68)81-59)37(6)61(14)31-33(2)29-57(9,69)50(79-55-49(76-39(8)63)44(60(12)13)27-34(3)74-55)35(4)48(36(5)54(67)77-45)78-46-30-58(10,71-16)52(38(7)75-46)73-26-25-72-23-18-19-40-20-21-43-41(28-40)47(64)42(53(65)66)32-62(43)22-24-70-15/h18-21,28,32-38,44-46,48-52,55,69H,17,22-27,29-31H2,1-16H3,(H,65,66)/b19-18+/t33-,34-,35+,36-,37-,38+,44+,45-,46+,48+,49-,50-,51?,52+,55+,57-,58-,59-/m1/s1. The Balaban J connectivity index is 1.24. The highest BCUT2D eigenvalue weighted by molar-refractivity contribution is 5.93. The van der Waals surface area contributed by atoms with Crippen molar-refractivity contribution in [2.75, 3.05) is 68.3 Å². The summed E-state index contributed by atoms with van der Waals surface area (Å²) in [6.07, 6.45) is -3.38. The molecule has 5 heterocycles. The zero-order valence-electron chi connectivity index (χ0n) is 50.4. The van der Waals surface area contributed by atoms with Gasteiger partial charge in [-0.05, 0) is 112 Å². The van der Waals surface area contributed by atoms with Crippen LogP contribution in [0.1, 0.15) is 118 Å². The smallest absolute Gasteiger partial charge is 0.477 e. The molecule has 0 amide bonds. The minimum atomic E-state index is -1.64. The van der Waals surface area contributed by atoms with E-state index in [9.17, 15) is 34.2 Å². The van der Waals surface area contributed by atoms with Crippen LogP contribution in [-0.2, 0) is 73.0 Å². The van der Waals surface area contributed by atoms with Gasteiger partial charge in [0, 0.05) is 64.2 Å². The first-order valence-corrected chi connectivity index (χ1v) is 28.4. The third-order valence-electron chi connectivity index (χ3n) is 16.8. The zero-order valence-corrected chi connectivity index (χ0v) is 50.4. The second-order valence-electron chi connectivity index (χ2n) is 23.6. The molecule has 4 saturated heterocycles. The van der Waals surface area contributed by atoms with Gasteiger partial charge in [-0.15, -0.1) is 0 Å². The van der Waals surface area contributed by atoms with Crippen LogP contribution in [0.2, 0.25) is 0 Å². The Morgan fingerprint density at radius 2 is 1.64 bits per heavy atom. The van der Waals surface area contributed by atoms with E-state index in [1.807, 2.05) is 85.5 Å². The molecule has 2 N–H and O–H groups in total. The topological polar surface area (TPSA) is 248 Å². The number of cyclic esters (lactones) is 1. The number of aliphatic hydroxyl groups is 1. The van der Waals surface area contributed by atoms with Crippen LogP contribution in [0.25, 0.3) is 17.0 Å². The number of pyridine rings is 1. The highest BCUT2D eigenvalue weighted by Crippen LogP contribution is 2.43. The van der Waals surface area contributed by atoms with E-state index in [1.165, 1.54) is 13.1 Å². The van der Waals surface area contributed by atoms with E-state index in [4.69, 9.17) is 56.8 Å². The van der Waals surface area contributed by atoms with E-state index < -0.39 is 119 Å². The van der Waals surface area contributed by atoms with Crippen LogP contribution in [0.3, 0.4) is 0 Å². The number of hydrogen-bond acceptors (Lipinski definition) is 20. The van der Waals surface area contributed by atoms with Gasteiger partial charge in [-0.1, -0.05) is 39.0 Å². The number of carbonyl (C=O) groups is 4. The van der Waals surface area contributed by atoms with Crippen molar-refractivity contribution in [3.05, 3.63) is 51.8 Å². The van der Waals surface area contributed by atoms with E-state index in [1.54, 1.807) is 63.8 Å². The summed E-state index contributed by atoms with van der Waals surface area (Å²) in [5.41, 5.74) is -3.63. The number of esters is 2. The number of carbonyl (C=O) groups excluding carboxylic acids is 3. The number of hydrogen-bond donors (Lipinski definition) is 2. The van der Waals surface area contributed by atoms with Crippen LogP contribution < -0.4 is 5.43 Å². The molecule has 22 heteroatoms. The first-order valence-electron chi connectivity index (χ1n) is 28.4. The second-order valence-corrected chi connectivity index (χ2v) is 23.6. The highest BCUT2D eigenvalue weighted by atomic mass is 16.8. The van der Waals surface area contributed by atoms with E-state index >= 15 is 0 Å². The molecule has 1 aromatic heterocycles. The summed E-state index contributed by atoms with van der Waals surface area (Å²) in [4.78, 5) is 69.7. The van der Waals surface area contributed by atoms with Gasteiger partial charge >= 0.3 is 24.1 Å². The van der Waals surface area contributed by atoms with Gasteiger partial charge in [0.1, 0.15) is 17.8 Å². The van der Waals surface area contributed by atoms with E-state index in [0.717, 1.165) is 0 Å². The number of carboxylic acids is 1. The number of likely N-dealkylation sites (N-methyl/N-ethyl adjacent to an activating group) is 2. The Morgan fingerprint density at radius 1 is 0.926 bits per heavy atom. The Hall–Kier alpha value is -4.59. The molecular weight excluding hydrogens is 1050 g/mol. The van der Waals surface area contributed by atoms with Crippen LogP contribution in [0.4, 0.5) is 4.79 Å². The fourth-order valence-electron chi connectivity index (χ4n) is 12.6. The normalized spacial score (nSPS) is 36.6. The summed E-state index contributed by atoms with van der Waals surface area (Å²) in [7, 11) is 8.82. The van der Waals surface area contributed by atoms with Crippen molar-refractivity contribution in [2.24, 2.45) is 17.8 Å². The Kier molecular flexibility index (Phi) is 22.6. The summed E-state index contributed by atoms with van der Waals surface area (Å²) >= 11 is 0. The Bertz CT molecular complexity index is 2560. The van der Waals surface area contributed by atoms with Gasteiger partial charge in [-0.25, -0.2) is 9.59 Å². The van der Waals surface area contributed by atoms with E-state index in [2.05, 4.69) is 0 Å². The molecule has 1 unspecified atom stereocenters. The van der Waals surface area contributed by atoms with Gasteiger partial charge in [-0.2, -0.15) is 0 Å². The molecule has 81 heavy (non-hydrogen) atoms. The number of benzene rings is 1. The van der Waals surface area contributed by atoms with Crippen molar-refractivity contribution in [2.45, 2.75) is 199 Å².